The van der Waals surface area contributed by atoms with Crippen molar-refractivity contribution in [2.24, 2.45) is 11.8 Å². The lowest BCUT2D eigenvalue weighted by molar-refractivity contribution is -0.111. The summed E-state index contributed by atoms with van der Waals surface area (Å²) in [5, 5.41) is 7.85. The topological polar surface area (TPSA) is 98.3 Å². The maximum absolute atomic E-state index is 14.0. The van der Waals surface area contributed by atoms with Gasteiger partial charge >= 0.3 is 0 Å². The first kappa shape index (κ1) is 33.2. The number of ether oxygens (including phenoxy) is 1. The van der Waals surface area contributed by atoms with Crippen LogP contribution in [0.25, 0.3) is 0 Å². The van der Waals surface area contributed by atoms with Crippen LogP contribution in [0.3, 0.4) is 0 Å². The molecule has 0 bridgehead atoms. The zero-order chi connectivity index (χ0) is 34.1. The van der Waals surface area contributed by atoms with Crippen LogP contribution < -0.4 is 25.3 Å². The van der Waals surface area contributed by atoms with Gasteiger partial charge in [0.15, 0.2) is 5.82 Å². The molecule has 11 nitrogen and oxygen atoms in total. The fourth-order valence-electron chi connectivity index (χ4n) is 7.98. The van der Waals surface area contributed by atoms with E-state index >= 15 is 0 Å². The largest absolute Gasteiger partial charge is 0.494 e. The number of aromatic nitrogens is 2. The minimum absolute atomic E-state index is 0.313. The summed E-state index contributed by atoms with van der Waals surface area (Å²) in [5.41, 5.74) is 2.55. The van der Waals surface area contributed by atoms with Gasteiger partial charge in [-0.3, -0.25) is 14.5 Å². The number of hydroxylamine groups is 1. The van der Waals surface area contributed by atoms with E-state index in [1.165, 1.54) is 50.7 Å². The lowest BCUT2D eigenvalue weighted by Crippen LogP contribution is -2.45. The fraction of sp³-hybridized carbons (Fsp3) is 0.472. The molecular weight excluding hydrogens is 630 g/mol. The summed E-state index contributed by atoms with van der Waals surface area (Å²) in [5.74, 6) is 1.40. The lowest BCUT2D eigenvalue weighted by atomic mass is 10.0. The summed E-state index contributed by atoms with van der Waals surface area (Å²) in [7, 11) is 1.61. The highest BCUT2D eigenvalue weighted by atomic mass is 19.1. The normalized spacial score (nSPS) is 23.1. The molecule has 0 radical (unpaired) electrons. The molecule has 260 valence electrons. The second-order valence-corrected chi connectivity index (χ2v) is 13.4. The van der Waals surface area contributed by atoms with E-state index < -0.39 is 17.7 Å². The predicted octanol–water partition coefficient (Wildman–Crippen LogP) is 5.37. The standard InChI is InChI=1S/C36H44F2N8O3/c1-4-36(47)42-29-15-30(41-34-17-35(40-22-39-34)46-31(8-11-49-46)23-12-26(37)14-27(38)13-23)33(48-3)16-32(29)44-9-6-28(7-10-44)45-20-24-18-43(5-2)19-25(24)21-45/h4,12-17,22,24-25,28,31H,1,5-11,18-21H2,2-3H3,(H,42,47)(H,39,40,41)/t24?,25?,31-/m1/s1. The van der Waals surface area contributed by atoms with Crippen molar-refractivity contribution in [1.29, 1.82) is 0 Å². The first-order chi connectivity index (χ1) is 23.8. The number of nitrogens with zero attached hydrogens (tertiary/aromatic N) is 6. The maximum Gasteiger partial charge on any atom is 0.247 e. The monoisotopic (exact) mass is 674 g/mol. The summed E-state index contributed by atoms with van der Waals surface area (Å²) in [6, 6.07) is 9.08. The van der Waals surface area contributed by atoms with E-state index in [1.807, 2.05) is 12.1 Å². The molecule has 0 aliphatic carbocycles. The van der Waals surface area contributed by atoms with E-state index in [0.29, 0.717) is 53.4 Å². The molecule has 2 N–H and O–H groups in total. The van der Waals surface area contributed by atoms with Gasteiger partial charge < -0.3 is 25.2 Å². The van der Waals surface area contributed by atoms with Gasteiger partial charge in [-0.25, -0.2) is 23.8 Å². The van der Waals surface area contributed by atoms with Crippen molar-refractivity contribution in [3.05, 3.63) is 72.6 Å². The number of carbonyl (C=O) groups is 1. The van der Waals surface area contributed by atoms with E-state index in [-0.39, 0.29) is 5.91 Å². The van der Waals surface area contributed by atoms with E-state index in [0.717, 1.165) is 56.1 Å². The number of piperidine rings is 1. The van der Waals surface area contributed by atoms with E-state index in [2.05, 4.69) is 48.8 Å². The third kappa shape index (κ3) is 7.06. The fourth-order valence-corrected chi connectivity index (χ4v) is 7.98. The third-order valence-corrected chi connectivity index (χ3v) is 10.4. The molecule has 2 unspecified atom stereocenters. The van der Waals surface area contributed by atoms with Crippen molar-refractivity contribution < 1.29 is 23.1 Å². The van der Waals surface area contributed by atoms with Crippen LogP contribution in [0.5, 0.6) is 5.75 Å². The van der Waals surface area contributed by atoms with Crippen molar-refractivity contribution >= 4 is 34.6 Å². The Labute approximate surface area is 285 Å². The molecule has 3 aromatic rings. The summed E-state index contributed by atoms with van der Waals surface area (Å²) < 4.78 is 33.9. The van der Waals surface area contributed by atoms with Gasteiger partial charge in [-0.1, -0.05) is 13.5 Å². The molecule has 5 heterocycles. The van der Waals surface area contributed by atoms with Gasteiger partial charge in [0.1, 0.15) is 29.5 Å². The molecule has 4 aliphatic heterocycles. The van der Waals surface area contributed by atoms with Gasteiger partial charge in [0.05, 0.1) is 36.8 Å². The molecule has 4 saturated heterocycles. The number of rotatable bonds is 10. The molecule has 4 aliphatic rings. The molecule has 3 atom stereocenters. The molecule has 49 heavy (non-hydrogen) atoms. The van der Waals surface area contributed by atoms with Crippen molar-refractivity contribution in [2.75, 3.05) is 80.1 Å². The molecule has 4 fully saturated rings. The minimum Gasteiger partial charge on any atom is -0.494 e. The highest BCUT2D eigenvalue weighted by Crippen LogP contribution is 2.41. The summed E-state index contributed by atoms with van der Waals surface area (Å²) in [6.45, 7) is 14.0. The van der Waals surface area contributed by atoms with E-state index in [4.69, 9.17) is 9.57 Å². The summed E-state index contributed by atoms with van der Waals surface area (Å²) >= 11 is 0. The Morgan fingerprint density at radius 3 is 2.41 bits per heavy atom. The van der Waals surface area contributed by atoms with Gasteiger partial charge in [-0.2, -0.15) is 0 Å². The molecule has 0 saturated carbocycles. The number of hydrogen-bond acceptors (Lipinski definition) is 10. The Hall–Kier alpha value is -4.33. The van der Waals surface area contributed by atoms with Gasteiger partial charge in [0.25, 0.3) is 0 Å². The second kappa shape index (κ2) is 14.3. The second-order valence-electron chi connectivity index (χ2n) is 13.4. The molecule has 0 spiro atoms. The van der Waals surface area contributed by atoms with Gasteiger partial charge in [0.2, 0.25) is 5.91 Å². The smallest absolute Gasteiger partial charge is 0.247 e. The Bertz CT molecular complexity index is 1650. The number of benzene rings is 2. The Morgan fingerprint density at radius 1 is 1.00 bits per heavy atom. The minimum atomic E-state index is -0.650. The number of hydrogen-bond donors (Lipinski definition) is 2. The van der Waals surface area contributed by atoms with Gasteiger partial charge in [-0.15, -0.1) is 0 Å². The zero-order valence-corrected chi connectivity index (χ0v) is 28.1. The van der Waals surface area contributed by atoms with Crippen LogP contribution in [0.4, 0.5) is 37.5 Å². The zero-order valence-electron chi connectivity index (χ0n) is 28.1. The maximum atomic E-state index is 14.0. The average molecular weight is 675 g/mol. The number of carbonyl (C=O) groups excluding carboxylic acids is 1. The third-order valence-electron chi connectivity index (χ3n) is 10.4. The summed E-state index contributed by atoms with van der Waals surface area (Å²) in [6.07, 6.45) is 5.29. The number of halogens is 2. The van der Waals surface area contributed by atoms with Gasteiger partial charge in [-0.05, 0) is 61.1 Å². The van der Waals surface area contributed by atoms with E-state index in [9.17, 15) is 13.6 Å². The number of fused-ring (bicyclic) bond motifs is 1. The number of nitrogens with one attached hydrogen (secondary N) is 2. The number of likely N-dealkylation sites (tertiary alicyclic amines) is 2. The molecular formula is C36H44F2N8O3. The number of methoxy groups -OCH3 is 1. The Morgan fingerprint density at radius 2 is 1.73 bits per heavy atom. The van der Waals surface area contributed by atoms with Crippen LogP contribution in [0.2, 0.25) is 0 Å². The predicted molar refractivity (Wildman–Crippen MR) is 185 cm³/mol. The number of anilines is 5. The Kier molecular flexibility index (Phi) is 9.66. The molecule has 1 aromatic heterocycles. The summed E-state index contributed by atoms with van der Waals surface area (Å²) in [4.78, 5) is 34.8. The van der Waals surface area contributed by atoms with E-state index in [1.54, 1.807) is 18.2 Å². The van der Waals surface area contributed by atoms with Gasteiger partial charge in [0, 0.05) is 69.9 Å². The quantitative estimate of drug-likeness (QED) is 0.274. The van der Waals surface area contributed by atoms with Crippen LogP contribution in [0.15, 0.2) is 55.4 Å². The highest BCUT2D eigenvalue weighted by molar-refractivity contribution is 6.02. The van der Waals surface area contributed by atoms with Crippen LogP contribution in [0, 0.1) is 23.5 Å². The highest BCUT2D eigenvalue weighted by Gasteiger charge is 2.42. The van der Waals surface area contributed by atoms with Crippen LogP contribution in [-0.2, 0) is 9.63 Å². The van der Waals surface area contributed by atoms with Crippen molar-refractivity contribution in [1.82, 2.24) is 19.8 Å². The Balaban J connectivity index is 1.08. The van der Waals surface area contributed by atoms with Crippen molar-refractivity contribution in [3.8, 4) is 5.75 Å². The van der Waals surface area contributed by atoms with Crippen molar-refractivity contribution in [3.63, 3.8) is 0 Å². The average Bonchev–Trinajstić information content (AvgIpc) is 3.84. The lowest BCUT2D eigenvalue weighted by Gasteiger charge is -2.39. The number of amides is 1. The van der Waals surface area contributed by atoms with Crippen LogP contribution >= 0.6 is 0 Å². The first-order valence-corrected chi connectivity index (χ1v) is 17.2. The SMILES string of the molecule is C=CC(=O)Nc1cc(Nc2cc(N3OCC[C@@H]3c3cc(F)cc(F)c3)ncn2)c(OC)cc1N1CCC(N2CC3CN(CC)CC3C2)CC1. The molecule has 7 rings (SSSR count). The van der Waals surface area contributed by atoms with Crippen molar-refractivity contribution in [2.45, 2.75) is 38.3 Å². The molecule has 13 heteroatoms. The first-order valence-electron chi connectivity index (χ1n) is 17.2. The van der Waals surface area contributed by atoms with Crippen LogP contribution in [-0.4, -0.2) is 91.2 Å². The molecule has 2 aromatic carbocycles. The van der Waals surface area contributed by atoms with Crippen LogP contribution in [0.1, 0.15) is 37.8 Å². The molecule has 1 amide bonds.